The van der Waals surface area contributed by atoms with E-state index in [-0.39, 0.29) is 25.1 Å². The third-order valence-electron chi connectivity index (χ3n) is 3.85. The van der Waals surface area contributed by atoms with Gasteiger partial charge in [-0.15, -0.1) is 12.4 Å². The van der Waals surface area contributed by atoms with Crippen molar-refractivity contribution in [3.8, 4) is 0 Å². The van der Waals surface area contributed by atoms with Gasteiger partial charge in [0, 0.05) is 32.2 Å². The lowest BCUT2D eigenvalue weighted by Gasteiger charge is -2.36. The first-order valence-electron chi connectivity index (χ1n) is 6.81. The number of halogens is 2. The maximum Gasteiger partial charge on any atom is 0.0912 e. The number of piperazine rings is 1. The van der Waals surface area contributed by atoms with Crippen LogP contribution < -0.4 is 5.32 Å². The molecule has 0 radical (unpaired) electrons. The van der Waals surface area contributed by atoms with Crippen LogP contribution in [-0.4, -0.2) is 37.8 Å². The molecule has 1 heterocycles. The summed E-state index contributed by atoms with van der Waals surface area (Å²) in [7, 11) is 0. The molecule has 0 aromatic heterocycles. The normalized spacial score (nSPS) is 17.8. The average molecular weight is 287 g/mol. The van der Waals surface area contributed by atoms with Gasteiger partial charge in [0.25, 0.3) is 0 Å². The smallest absolute Gasteiger partial charge is 0.0912 e. The minimum absolute atomic E-state index is 0. The van der Waals surface area contributed by atoms with Crippen LogP contribution in [0.25, 0.3) is 0 Å². The van der Waals surface area contributed by atoms with Crippen LogP contribution in [-0.2, 0) is 0 Å². The maximum absolute atomic E-state index is 12.9. The summed E-state index contributed by atoms with van der Waals surface area (Å²) in [6, 6.07) is 6.59. The van der Waals surface area contributed by atoms with E-state index in [4.69, 9.17) is 0 Å². The van der Waals surface area contributed by atoms with Gasteiger partial charge in [0.05, 0.1) is 6.67 Å². The van der Waals surface area contributed by atoms with Crippen molar-refractivity contribution in [2.75, 3.05) is 32.9 Å². The summed E-state index contributed by atoms with van der Waals surface area (Å²) in [5, 5.41) is 3.36. The van der Waals surface area contributed by atoms with Crippen molar-refractivity contribution in [1.29, 1.82) is 0 Å². The van der Waals surface area contributed by atoms with Gasteiger partial charge in [-0.2, -0.15) is 0 Å². The molecule has 1 N–H and O–H groups in total. The van der Waals surface area contributed by atoms with Crippen LogP contribution in [0.3, 0.4) is 0 Å². The lowest BCUT2D eigenvalue weighted by Crippen LogP contribution is -2.45. The van der Waals surface area contributed by atoms with Crippen molar-refractivity contribution in [2.24, 2.45) is 0 Å². The molecule has 0 aliphatic carbocycles. The highest BCUT2D eigenvalue weighted by atomic mass is 35.5. The van der Waals surface area contributed by atoms with Gasteiger partial charge in [0.1, 0.15) is 0 Å². The summed E-state index contributed by atoms with van der Waals surface area (Å²) in [5.41, 5.74) is 3.90. The second-order valence-electron chi connectivity index (χ2n) is 5.08. The molecule has 1 aromatic carbocycles. The largest absolute Gasteiger partial charge is 0.314 e. The van der Waals surface area contributed by atoms with Gasteiger partial charge in [-0.05, 0) is 37.0 Å². The third kappa shape index (κ3) is 3.91. The second kappa shape index (κ2) is 7.83. The maximum atomic E-state index is 12.9. The molecule has 1 aliphatic heterocycles. The fraction of sp³-hybridized carbons (Fsp3) is 0.600. The van der Waals surface area contributed by atoms with Gasteiger partial charge in [0.15, 0.2) is 0 Å². The highest BCUT2D eigenvalue weighted by molar-refractivity contribution is 5.85. The third-order valence-corrected chi connectivity index (χ3v) is 3.85. The molecule has 1 aliphatic rings. The zero-order chi connectivity index (χ0) is 13.0. The molecule has 2 rings (SSSR count). The Balaban J connectivity index is 0.00000180. The van der Waals surface area contributed by atoms with E-state index >= 15 is 0 Å². The second-order valence-corrected chi connectivity index (χ2v) is 5.08. The lowest BCUT2D eigenvalue weighted by atomic mass is 9.93. The van der Waals surface area contributed by atoms with Crippen LogP contribution in [0.4, 0.5) is 4.39 Å². The Labute approximate surface area is 121 Å². The van der Waals surface area contributed by atoms with Gasteiger partial charge in [0.2, 0.25) is 0 Å². The minimum Gasteiger partial charge on any atom is -0.314 e. The van der Waals surface area contributed by atoms with E-state index in [1.165, 1.54) is 16.7 Å². The average Bonchev–Trinajstić information content (AvgIpc) is 2.38. The van der Waals surface area contributed by atoms with Crippen LogP contribution >= 0.6 is 12.4 Å². The van der Waals surface area contributed by atoms with E-state index in [1.807, 2.05) is 0 Å². The molecule has 0 spiro atoms. The van der Waals surface area contributed by atoms with Crippen molar-refractivity contribution >= 4 is 12.4 Å². The van der Waals surface area contributed by atoms with E-state index in [0.717, 1.165) is 26.2 Å². The molecular formula is C15H24ClFN2. The number of rotatable bonds is 4. The summed E-state index contributed by atoms with van der Waals surface area (Å²) >= 11 is 0. The van der Waals surface area contributed by atoms with E-state index in [1.54, 1.807) is 0 Å². The standard InChI is InChI=1S/C15H23FN2.ClH/c1-12-4-3-5-13(2)15(12)14(6-7-16)18-10-8-17-9-11-18;/h3-5,14,17H,6-11H2,1-2H3;1H/t14-;/m0./s1. The summed E-state index contributed by atoms with van der Waals surface area (Å²) in [6.07, 6.45) is 0.603. The Morgan fingerprint density at radius 1 is 1.21 bits per heavy atom. The predicted octanol–water partition coefficient (Wildman–Crippen LogP) is 3.03. The molecule has 1 aromatic rings. The summed E-state index contributed by atoms with van der Waals surface area (Å²) in [4.78, 5) is 2.42. The monoisotopic (exact) mass is 286 g/mol. The number of nitrogens with zero attached hydrogens (tertiary/aromatic N) is 1. The molecule has 0 saturated carbocycles. The highest BCUT2D eigenvalue weighted by Crippen LogP contribution is 2.30. The Kier molecular flexibility index (Phi) is 6.76. The molecule has 2 nitrogen and oxygen atoms in total. The highest BCUT2D eigenvalue weighted by Gasteiger charge is 2.24. The molecule has 108 valence electrons. The van der Waals surface area contributed by atoms with Crippen LogP contribution in [0.5, 0.6) is 0 Å². The topological polar surface area (TPSA) is 15.3 Å². The molecule has 1 atom stereocenters. The van der Waals surface area contributed by atoms with Crippen molar-refractivity contribution in [3.05, 3.63) is 34.9 Å². The Bertz CT molecular complexity index is 371. The quantitative estimate of drug-likeness (QED) is 0.915. The first-order chi connectivity index (χ1) is 8.74. The first kappa shape index (κ1) is 16.4. The number of nitrogens with one attached hydrogen (secondary N) is 1. The van der Waals surface area contributed by atoms with Crippen LogP contribution in [0.2, 0.25) is 0 Å². The first-order valence-corrected chi connectivity index (χ1v) is 6.81. The van der Waals surface area contributed by atoms with Crippen LogP contribution in [0.15, 0.2) is 18.2 Å². The number of aryl methyl sites for hydroxylation is 2. The lowest BCUT2D eigenvalue weighted by molar-refractivity contribution is 0.156. The molecule has 4 heteroatoms. The molecule has 1 saturated heterocycles. The zero-order valence-corrected chi connectivity index (χ0v) is 12.6. The number of hydrogen-bond donors (Lipinski definition) is 1. The molecule has 19 heavy (non-hydrogen) atoms. The van der Waals surface area contributed by atoms with E-state index < -0.39 is 0 Å². The fourth-order valence-corrected chi connectivity index (χ4v) is 2.96. The van der Waals surface area contributed by atoms with E-state index in [2.05, 4.69) is 42.3 Å². The molecule has 1 fully saturated rings. The Morgan fingerprint density at radius 2 is 1.79 bits per heavy atom. The van der Waals surface area contributed by atoms with Crippen LogP contribution in [0.1, 0.15) is 29.2 Å². The van der Waals surface area contributed by atoms with Crippen molar-refractivity contribution in [1.82, 2.24) is 10.2 Å². The SMILES string of the molecule is Cc1cccc(C)c1[C@H](CCF)N1CCNCC1.Cl. The van der Waals surface area contributed by atoms with Crippen molar-refractivity contribution in [2.45, 2.75) is 26.3 Å². The van der Waals surface area contributed by atoms with Crippen LogP contribution in [0, 0.1) is 13.8 Å². The minimum atomic E-state index is -0.248. The van der Waals surface area contributed by atoms with Crippen molar-refractivity contribution in [3.63, 3.8) is 0 Å². The molecule has 0 unspecified atom stereocenters. The number of hydrogen-bond acceptors (Lipinski definition) is 2. The van der Waals surface area contributed by atoms with Crippen molar-refractivity contribution < 1.29 is 4.39 Å². The van der Waals surface area contributed by atoms with Gasteiger partial charge < -0.3 is 5.32 Å². The van der Waals surface area contributed by atoms with Gasteiger partial charge in [-0.25, -0.2) is 0 Å². The summed E-state index contributed by atoms with van der Waals surface area (Å²) < 4.78 is 12.9. The summed E-state index contributed by atoms with van der Waals surface area (Å²) in [6.45, 7) is 8.06. The Hall–Kier alpha value is -0.640. The van der Waals surface area contributed by atoms with Gasteiger partial charge in [-0.1, -0.05) is 18.2 Å². The number of benzene rings is 1. The zero-order valence-electron chi connectivity index (χ0n) is 11.8. The van der Waals surface area contributed by atoms with E-state index in [0.29, 0.717) is 6.42 Å². The van der Waals surface area contributed by atoms with E-state index in [9.17, 15) is 4.39 Å². The van der Waals surface area contributed by atoms with Gasteiger partial charge >= 0.3 is 0 Å². The predicted molar refractivity (Wildman–Crippen MR) is 80.9 cm³/mol. The molecule has 0 bridgehead atoms. The summed E-state index contributed by atoms with van der Waals surface area (Å²) in [5.74, 6) is 0. The Morgan fingerprint density at radius 3 is 2.32 bits per heavy atom. The fourth-order valence-electron chi connectivity index (χ4n) is 2.96. The van der Waals surface area contributed by atoms with Gasteiger partial charge in [-0.3, -0.25) is 9.29 Å². The molecular weight excluding hydrogens is 263 g/mol. The molecule has 0 amide bonds. The number of alkyl halides is 1.